The Bertz CT molecular complexity index is 3230. The van der Waals surface area contributed by atoms with Crippen LogP contribution in [-0.4, -0.2) is 9.97 Å². The molecule has 0 amide bonds. The molecule has 0 atom stereocenters. The topological polar surface area (TPSA) is 35.0 Å². The average molecular weight is 793 g/mol. The molecule has 0 radical (unpaired) electrons. The molecule has 8 aromatic rings. The number of benzene rings is 7. The first-order valence-electron chi connectivity index (χ1n) is 21.1. The van der Waals surface area contributed by atoms with Gasteiger partial charge >= 0.3 is 0 Å². The summed E-state index contributed by atoms with van der Waals surface area (Å²) in [6, 6.07) is 62.5. The second-order valence-corrected chi connectivity index (χ2v) is 15.9. The molecule has 2 heterocycles. The van der Waals surface area contributed by atoms with Crippen LogP contribution in [0.2, 0.25) is 0 Å². The number of nitrogens with zero attached hydrogens (tertiary/aromatic N) is 2. The average Bonchev–Trinajstić information content (AvgIpc) is 3.63. The first-order valence-corrected chi connectivity index (χ1v) is 21.1. The smallest absolute Gasteiger partial charge is 0.182 e. The van der Waals surface area contributed by atoms with E-state index in [4.69, 9.17) is 14.7 Å². The Kier molecular flexibility index (Phi) is 9.06. The summed E-state index contributed by atoms with van der Waals surface area (Å²) in [5, 5.41) is 0. The molecular formula is C59H40N2O. The summed E-state index contributed by atoms with van der Waals surface area (Å²) in [6.45, 7) is 4.17. The minimum atomic E-state index is -0.571. The van der Waals surface area contributed by atoms with Gasteiger partial charge in [0.05, 0.1) is 16.8 Å². The van der Waals surface area contributed by atoms with Gasteiger partial charge in [-0.25, -0.2) is 9.97 Å². The Balaban J connectivity index is 1.06. The minimum absolute atomic E-state index is 0.571. The third-order valence-electron chi connectivity index (χ3n) is 12.4. The van der Waals surface area contributed by atoms with E-state index < -0.39 is 5.41 Å². The van der Waals surface area contributed by atoms with Gasteiger partial charge in [-0.15, -0.1) is 0 Å². The fraction of sp³-hybridized carbons (Fsp3) is 0.0508. The van der Waals surface area contributed by atoms with Crippen LogP contribution in [0.4, 0.5) is 0 Å². The van der Waals surface area contributed by atoms with Crippen LogP contribution >= 0.6 is 0 Å². The molecule has 7 aromatic carbocycles. The van der Waals surface area contributed by atoms with Crippen LogP contribution in [0.5, 0.6) is 5.75 Å². The molecule has 0 unspecified atom stereocenters. The van der Waals surface area contributed by atoms with Crippen molar-refractivity contribution in [1.29, 1.82) is 0 Å². The lowest BCUT2D eigenvalue weighted by Gasteiger charge is -2.40. The van der Waals surface area contributed by atoms with Gasteiger partial charge in [0.25, 0.3) is 0 Å². The zero-order chi connectivity index (χ0) is 41.6. The molecule has 3 heteroatoms. The van der Waals surface area contributed by atoms with Gasteiger partial charge in [0.2, 0.25) is 0 Å². The highest BCUT2D eigenvalue weighted by Gasteiger charge is 2.52. The summed E-state index contributed by atoms with van der Waals surface area (Å²) in [5.41, 5.74) is 24.5. The number of aromatic nitrogens is 2. The number of allylic oxidation sites excluding steroid dienone is 7. The highest BCUT2D eigenvalue weighted by Crippen LogP contribution is 2.62. The lowest BCUT2D eigenvalue weighted by atomic mass is 9.64. The van der Waals surface area contributed by atoms with E-state index in [2.05, 4.69) is 206 Å². The Morgan fingerprint density at radius 2 is 1.11 bits per heavy atom. The van der Waals surface area contributed by atoms with Crippen molar-refractivity contribution in [3.8, 4) is 73.0 Å². The first-order chi connectivity index (χ1) is 30.6. The van der Waals surface area contributed by atoms with Gasteiger partial charge in [-0.1, -0.05) is 188 Å². The van der Waals surface area contributed by atoms with Gasteiger partial charge in [-0.3, -0.25) is 0 Å². The van der Waals surface area contributed by atoms with E-state index in [1.54, 1.807) is 0 Å². The molecule has 3 aliphatic rings. The lowest BCUT2D eigenvalue weighted by Crippen LogP contribution is -2.35. The zero-order valence-corrected chi connectivity index (χ0v) is 34.4. The third kappa shape index (κ3) is 6.08. The maximum Gasteiger partial charge on any atom is 0.182 e. The SMILES string of the molecule is C/C=C\C=C(/C)c1ccc(-c2cc(-c3ccc(-c4ccccc4)cc3)nc(-c3ccccc3-c3ccc4c(c3)OC3=C=C=CC=C3C43c4ccccc4-c4ccccc43)n2)cc1. The van der Waals surface area contributed by atoms with Gasteiger partial charge in [-0.05, 0) is 99.5 Å². The van der Waals surface area contributed by atoms with E-state index >= 15 is 0 Å². The standard InChI is InChI=1S/C59H40N2O/c1-3-4-16-39(2)40-27-31-43(32-28-40)54-38-55(44-33-29-42(30-34-44)41-17-6-5-7-18-41)61-58(60-54)49-22-9-8-19-46(49)45-35-36-53-57(37-45)62-56-26-15-14-25-52(56)59(53)50-23-12-10-20-47(50)48-21-11-13-24-51(48)59/h3-14,16-25,27-38H,1-2H3/b4-3-,39-16+. The first kappa shape index (κ1) is 37.0. The van der Waals surface area contributed by atoms with Crippen molar-refractivity contribution in [2.75, 3.05) is 0 Å². The fourth-order valence-electron chi connectivity index (χ4n) is 9.40. The number of ether oxygens (including phenoxy) is 1. The largest absolute Gasteiger partial charge is 0.448 e. The van der Waals surface area contributed by atoms with Gasteiger partial charge in [0.1, 0.15) is 5.75 Å². The molecule has 292 valence electrons. The van der Waals surface area contributed by atoms with Crippen molar-refractivity contribution in [1.82, 2.24) is 9.97 Å². The molecule has 0 saturated carbocycles. The van der Waals surface area contributed by atoms with Gasteiger partial charge < -0.3 is 4.74 Å². The zero-order valence-electron chi connectivity index (χ0n) is 34.4. The quantitative estimate of drug-likeness (QED) is 0.119. The van der Waals surface area contributed by atoms with Crippen LogP contribution in [0.15, 0.2) is 229 Å². The van der Waals surface area contributed by atoms with Gasteiger partial charge in [0.15, 0.2) is 11.6 Å². The highest BCUT2D eigenvalue weighted by atomic mass is 16.5. The summed E-state index contributed by atoms with van der Waals surface area (Å²) in [6.07, 6.45) is 10.3. The molecule has 1 aliphatic heterocycles. The summed E-state index contributed by atoms with van der Waals surface area (Å²) in [4.78, 5) is 10.6. The monoisotopic (exact) mass is 792 g/mol. The second-order valence-electron chi connectivity index (χ2n) is 15.9. The molecule has 0 bridgehead atoms. The predicted octanol–water partition coefficient (Wildman–Crippen LogP) is 14.6. The molecule has 2 aliphatic carbocycles. The Morgan fingerprint density at radius 1 is 0.548 bits per heavy atom. The summed E-state index contributed by atoms with van der Waals surface area (Å²) in [7, 11) is 0. The van der Waals surface area contributed by atoms with Crippen LogP contribution in [0.25, 0.3) is 72.9 Å². The molecule has 3 nitrogen and oxygen atoms in total. The maximum atomic E-state index is 6.82. The number of hydrogen-bond donors (Lipinski definition) is 0. The number of rotatable bonds is 7. The van der Waals surface area contributed by atoms with E-state index in [-0.39, 0.29) is 0 Å². The van der Waals surface area contributed by atoms with Crippen LogP contribution in [0.3, 0.4) is 0 Å². The van der Waals surface area contributed by atoms with E-state index in [1.165, 1.54) is 39.0 Å². The van der Waals surface area contributed by atoms with Crippen LogP contribution in [0.1, 0.15) is 36.1 Å². The van der Waals surface area contributed by atoms with Crippen LogP contribution < -0.4 is 4.74 Å². The van der Waals surface area contributed by atoms with Crippen molar-refractivity contribution in [2.45, 2.75) is 19.3 Å². The Morgan fingerprint density at radius 3 is 1.79 bits per heavy atom. The highest BCUT2D eigenvalue weighted by molar-refractivity contribution is 5.90. The van der Waals surface area contributed by atoms with Crippen molar-refractivity contribution in [3.05, 3.63) is 251 Å². The van der Waals surface area contributed by atoms with E-state index in [9.17, 15) is 0 Å². The van der Waals surface area contributed by atoms with E-state index in [0.29, 0.717) is 11.6 Å². The molecular weight excluding hydrogens is 753 g/mol. The number of fused-ring (bicyclic) bond motifs is 9. The summed E-state index contributed by atoms with van der Waals surface area (Å²) >= 11 is 0. The molecule has 0 N–H and O–H groups in total. The van der Waals surface area contributed by atoms with Crippen LogP contribution in [0, 0.1) is 0 Å². The van der Waals surface area contributed by atoms with Gasteiger partial charge in [0, 0.05) is 27.8 Å². The van der Waals surface area contributed by atoms with Crippen molar-refractivity contribution in [2.24, 2.45) is 0 Å². The third-order valence-corrected chi connectivity index (χ3v) is 12.4. The van der Waals surface area contributed by atoms with Crippen molar-refractivity contribution < 1.29 is 4.74 Å². The summed E-state index contributed by atoms with van der Waals surface area (Å²) < 4.78 is 6.82. The predicted molar refractivity (Wildman–Crippen MR) is 253 cm³/mol. The van der Waals surface area contributed by atoms with Crippen molar-refractivity contribution in [3.63, 3.8) is 0 Å². The molecule has 1 spiro atoms. The minimum Gasteiger partial charge on any atom is -0.448 e. The lowest BCUT2D eigenvalue weighted by molar-refractivity contribution is 0.391. The Hall–Kier alpha value is -8.06. The van der Waals surface area contributed by atoms with E-state index in [0.717, 1.165) is 61.7 Å². The molecule has 62 heavy (non-hydrogen) atoms. The van der Waals surface area contributed by atoms with E-state index in [1.807, 2.05) is 25.1 Å². The Labute approximate surface area is 362 Å². The second kappa shape index (κ2) is 15.2. The molecule has 1 aromatic heterocycles. The number of hydrogen-bond acceptors (Lipinski definition) is 3. The van der Waals surface area contributed by atoms with Crippen molar-refractivity contribution >= 4 is 5.57 Å². The van der Waals surface area contributed by atoms with Gasteiger partial charge in [-0.2, -0.15) is 0 Å². The fourth-order valence-corrected chi connectivity index (χ4v) is 9.40. The molecule has 0 fully saturated rings. The molecule has 0 saturated heterocycles. The van der Waals surface area contributed by atoms with Crippen LogP contribution in [-0.2, 0) is 5.41 Å². The normalized spacial score (nSPS) is 14.1. The summed E-state index contributed by atoms with van der Waals surface area (Å²) in [5.74, 6) is 2.13. The maximum absolute atomic E-state index is 6.82. The molecule has 11 rings (SSSR count).